The predicted molar refractivity (Wildman–Crippen MR) is 112 cm³/mol. The zero-order valence-electron chi connectivity index (χ0n) is 15.0. The van der Waals surface area contributed by atoms with Crippen LogP contribution in [0.5, 0.6) is 0 Å². The number of benzene rings is 4. The van der Waals surface area contributed by atoms with Crippen LogP contribution in [0.15, 0.2) is 121 Å². The lowest BCUT2D eigenvalue weighted by Crippen LogP contribution is -2.38. The molecule has 4 aromatic carbocycles. The number of hydrogen-bond acceptors (Lipinski definition) is 1. The van der Waals surface area contributed by atoms with Gasteiger partial charge < -0.3 is 5.41 Å². The molecule has 4 rings (SSSR count). The third-order valence-corrected chi connectivity index (χ3v) is 5.06. The molecule has 0 radical (unpaired) electrons. The van der Waals surface area contributed by atoms with E-state index in [1.54, 1.807) is 0 Å². The Bertz CT molecular complexity index is 910. The molecule has 0 atom stereocenters. The van der Waals surface area contributed by atoms with Crippen molar-refractivity contribution < 1.29 is 0 Å². The lowest BCUT2D eigenvalue weighted by atomic mass is 9.65. The summed E-state index contributed by atoms with van der Waals surface area (Å²) >= 11 is 0. The van der Waals surface area contributed by atoms with Crippen LogP contribution in [0.4, 0.5) is 0 Å². The van der Waals surface area contributed by atoms with Gasteiger partial charge in [-0.2, -0.15) is 0 Å². The molecule has 4 aromatic rings. The molecule has 0 bridgehead atoms. The summed E-state index contributed by atoms with van der Waals surface area (Å²) in [5.74, 6) is 0. The Morgan fingerprint density at radius 3 is 1.07 bits per heavy atom. The molecule has 0 fully saturated rings. The molecule has 0 aliphatic heterocycles. The van der Waals surface area contributed by atoms with Crippen molar-refractivity contribution in [2.24, 2.45) is 0 Å². The first-order valence-electron chi connectivity index (χ1n) is 9.14. The quantitative estimate of drug-likeness (QED) is 0.334. The summed E-state index contributed by atoms with van der Waals surface area (Å²) in [7, 11) is 0. The maximum Gasteiger partial charge on any atom is 0.0872 e. The van der Waals surface area contributed by atoms with E-state index in [0.29, 0.717) is 5.71 Å². The molecule has 0 amide bonds. The van der Waals surface area contributed by atoms with Gasteiger partial charge in [0.05, 0.1) is 11.1 Å². The van der Waals surface area contributed by atoms with Crippen molar-refractivity contribution in [3.63, 3.8) is 0 Å². The Labute approximate surface area is 160 Å². The maximum atomic E-state index is 9.35. The second-order valence-electron chi connectivity index (χ2n) is 6.59. The number of hydrogen-bond donors (Lipinski definition) is 1. The fourth-order valence-electron chi connectivity index (χ4n) is 3.82. The molecule has 27 heavy (non-hydrogen) atoms. The zero-order chi connectivity index (χ0) is 18.5. The van der Waals surface area contributed by atoms with Gasteiger partial charge in [-0.1, -0.05) is 121 Å². The third-order valence-electron chi connectivity index (χ3n) is 5.06. The van der Waals surface area contributed by atoms with Gasteiger partial charge in [-0.05, 0) is 22.3 Å². The highest BCUT2D eigenvalue weighted by molar-refractivity contribution is 6.10. The lowest BCUT2D eigenvalue weighted by molar-refractivity contribution is 0.821. The van der Waals surface area contributed by atoms with Crippen LogP contribution in [-0.2, 0) is 5.41 Å². The van der Waals surface area contributed by atoms with Crippen molar-refractivity contribution in [3.05, 3.63) is 144 Å². The second kappa shape index (κ2) is 7.43. The summed E-state index contributed by atoms with van der Waals surface area (Å²) in [5.41, 5.74) is 4.11. The fraction of sp³-hybridized carbons (Fsp3) is 0.0385. The monoisotopic (exact) mass is 347 g/mol. The van der Waals surface area contributed by atoms with Crippen LogP contribution in [0, 0.1) is 5.41 Å². The molecule has 0 spiro atoms. The van der Waals surface area contributed by atoms with Gasteiger partial charge in [-0.25, -0.2) is 0 Å². The summed E-state index contributed by atoms with van der Waals surface area (Å²) in [6, 6.07) is 41.1. The molecule has 0 aliphatic carbocycles. The van der Waals surface area contributed by atoms with E-state index in [9.17, 15) is 5.41 Å². The number of rotatable bonds is 5. The first kappa shape index (κ1) is 17.0. The van der Waals surface area contributed by atoms with Gasteiger partial charge >= 0.3 is 0 Å². The SMILES string of the molecule is N=C(c1ccccc1)C(c1ccccc1)(c1ccccc1)c1ccccc1. The van der Waals surface area contributed by atoms with E-state index in [1.807, 2.05) is 84.9 Å². The minimum absolute atomic E-state index is 0.576. The average Bonchev–Trinajstić information content (AvgIpc) is 2.77. The normalized spacial score (nSPS) is 11.1. The molecule has 1 nitrogen and oxygen atoms in total. The van der Waals surface area contributed by atoms with Crippen LogP contribution in [0.25, 0.3) is 0 Å². The Kier molecular flexibility index (Phi) is 4.67. The van der Waals surface area contributed by atoms with E-state index < -0.39 is 5.41 Å². The van der Waals surface area contributed by atoms with Gasteiger partial charge in [-0.3, -0.25) is 0 Å². The predicted octanol–water partition coefficient (Wildman–Crippen LogP) is 6.09. The maximum absolute atomic E-state index is 9.35. The van der Waals surface area contributed by atoms with E-state index in [-0.39, 0.29) is 0 Å². The summed E-state index contributed by atoms with van der Waals surface area (Å²) in [6.45, 7) is 0. The summed E-state index contributed by atoms with van der Waals surface area (Å²) in [4.78, 5) is 0. The van der Waals surface area contributed by atoms with Gasteiger partial charge in [0.25, 0.3) is 0 Å². The van der Waals surface area contributed by atoms with E-state index in [1.165, 1.54) is 0 Å². The molecule has 1 heteroatoms. The Morgan fingerprint density at radius 1 is 0.444 bits per heavy atom. The molecule has 0 unspecified atom stereocenters. The molecular formula is C26H21N. The lowest BCUT2D eigenvalue weighted by Gasteiger charge is -2.36. The molecule has 0 aliphatic rings. The number of nitrogens with one attached hydrogen (secondary N) is 1. The highest BCUT2D eigenvalue weighted by atomic mass is 14.5. The van der Waals surface area contributed by atoms with E-state index in [2.05, 4.69) is 36.4 Å². The van der Waals surface area contributed by atoms with Gasteiger partial charge in [0.2, 0.25) is 0 Å². The van der Waals surface area contributed by atoms with Crippen molar-refractivity contribution in [1.29, 1.82) is 5.41 Å². The van der Waals surface area contributed by atoms with Crippen LogP contribution >= 0.6 is 0 Å². The van der Waals surface area contributed by atoms with Crippen LogP contribution < -0.4 is 0 Å². The summed E-state index contributed by atoms with van der Waals surface area (Å²) in [5, 5.41) is 9.35. The Morgan fingerprint density at radius 2 is 0.741 bits per heavy atom. The van der Waals surface area contributed by atoms with Crippen molar-refractivity contribution in [1.82, 2.24) is 0 Å². The molecule has 130 valence electrons. The van der Waals surface area contributed by atoms with E-state index >= 15 is 0 Å². The van der Waals surface area contributed by atoms with Crippen molar-refractivity contribution in [2.45, 2.75) is 5.41 Å². The molecule has 0 heterocycles. The second-order valence-corrected chi connectivity index (χ2v) is 6.59. The fourth-order valence-corrected chi connectivity index (χ4v) is 3.82. The van der Waals surface area contributed by atoms with E-state index in [4.69, 9.17) is 0 Å². The van der Waals surface area contributed by atoms with E-state index in [0.717, 1.165) is 22.3 Å². The largest absolute Gasteiger partial charge is 0.303 e. The topological polar surface area (TPSA) is 23.9 Å². The highest BCUT2D eigenvalue weighted by Crippen LogP contribution is 2.41. The first-order valence-corrected chi connectivity index (χ1v) is 9.14. The highest BCUT2D eigenvalue weighted by Gasteiger charge is 2.41. The van der Waals surface area contributed by atoms with Crippen LogP contribution in [0.1, 0.15) is 22.3 Å². The average molecular weight is 347 g/mol. The third kappa shape index (κ3) is 2.98. The Balaban J connectivity index is 2.08. The van der Waals surface area contributed by atoms with Crippen molar-refractivity contribution >= 4 is 5.71 Å². The molecular weight excluding hydrogens is 326 g/mol. The van der Waals surface area contributed by atoms with Crippen molar-refractivity contribution in [2.75, 3.05) is 0 Å². The molecule has 0 saturated carbocycles. The summed E-state index contributed by atoms with van der Waals surface area (Å²) < 4.78 is 0. The van der Waals surface area contributed by atoms with Crippen molar-refractivity contribution in [3.8, 4) is 0 Å². The van der Waals surface area contributed by atoms with Crippen LogP contribution in [0.2, 0.25) is 0 Å². The van der Waals surface area contributed by atoms with Gasteiger partial charge in [0.1, 0.15) is 0 Å². The zero-order valence-corrected chi connectivity index (χ0v) is 15.0. The summed E-state index contributed by atoms with van der Waals surface area (Å²) in [6.07, 6.45) is 0. The minimum atomic E-state index is -0.675. The van der Waals surface area contributed by atoms with Gasteiger partial charge in [0, 0.05) is 0 Å². The van der Waals surface area contributed by atoms with Gasteiger partial charge in [-0.15, -0.1) is 0 Å². The first-order chi connectivity index (χ1) is 13.3. The van der Waals surface area contributed by atoms with Crippen LogP contribution in [-0.4, -0.2) is 5.71 Å². The molecule has 0 saturated heterocycles. The smallest absolute Gasteiger partial charge is 0.0872 e. The Hall–Kier alpha value is -3.45. The molecule has 1 N–H and O–H groups in total. The minimum Gasteiger partial charge on any atom is -0.303 e. The standard InChI is InChI=1S/C26H21N/c27-25(21-13-5-1-6-14-21)26(22-15-7-2-8-16-22,23-17-9-3-10-18-23)24-19-11-4-12-20-24/h1-20,27H. The molecule has 0 aromatic heterocycles. The van der Waals surface area contributed by atoms with Crippen LogP contribution in [0.3, 0.4) is 0 Å². The van der Waals surface area contributed by atoms with Gasteiger partial charge in [0.15, 0.2) is 0 Å².